The largest absolute Gasteiger partial charge is 0.0619 e. The minimum Gasteiger partial charge on any atom is -0.0619 e. The lowest BCUT2D eigenvalue weighted by Crippen LogP contribution is -2.75. The van der Waals surface area contributed by atoms with Crippen molar-refractivity contribution < 1.29 is 0 Å². The van der Waals surface area contributed by atoms with Crippen LogP contribution in [0.1, 0.15) is 48.0 Å². The Hall–Kier alpha value is 0. The zero-order valence-electron chi connectivity index (χ0n) is 9.36. The highest BCUT2D eigenvalue weighted by atomic mass is 14.8. The molecule has 0 amide bonds. The van der Waals surface area contributed by atoms with E-state index in [2.05, 4.69) is 41.5 Å². The molecule has 3 unspecified atom stereocenters. The Kier molecular flexibility index (Phi) is 1.26. The molecule has 0 aliphatic heterocycles. The van der Waals surface area contributed by atoms with Crippen LogP contribution in [0.25, 0.3) is 0 Å². The highest BCUT2D eigenvalue weighted by Gasteiger charge is 2.75. The van der Waals surface area contributed by atoms with Crippen LogP contribution < -0.4 is 0 Å². The molecular formula is C12H22. The van der Waals surface area contributed by atoms with Crippen molar-refractivity contribution in [1.29, 1.82) is 0 Å². The van der Waals surface area contributed by atoms with Gasteiger partial charge in [-0.15, -0.1) is 0 Å². The molecule has 0 aromatic carbocycles. The number of rotatable bonds is 0. The first-order valence-electron chi connectivity index (χ1n) is 5.26. The maximum absolute atomic E-state index is 2.50. The van der Waals surface area contributed by atoms with Crippen molar-refractivity contribution in [2.45, 2.75) is 48.0 Å². The lowest BCUT2D eigenvalue weighted by Gasteiger charge is -2.80. The van der Waals surface area contributed by atoms with Gasteiger partial charge in [0.15, 0.2) is 0 Å². The molecule has 0 radical (unpaired) electrons. The second-order valence-corrected chi connectivity index (χ2v) is 6.32. The first kappa shape index (κ1) is 8.59. The molecule has 2 saturated carbocycles. The van der Waals surface area contributed by atoms with Gasteiger partial charge in [-0.2, -0.15) is 0 Å². The summed E-state index contributed by atoms with van der Waals surface area (Å²) in [5.74, 6) is 1.94. The third-order valence-corrected chi connectivity index (χ3v) is 6.17. The van der Waals surface area contributed by atoms with E-state index >= 15 is 0 Å². The summed E-state index contributed by atoms with van der Waals surface area (Å²) in [6.45, 7) is 14.7. The van der Waals surface area contributed by atoms with Crippen molar-refractivity contribution in [3.63, 3.8) is 0 Å². The summed E-state index contributed by atoms with van der Waals surface area (Å²) in [7, 11) is 0. The van der Waals surface area contributed by atoms with Crippen LogP contribution in [0.4, 0.5) is 0 Å². The van der Waals surface area contributed by atoms with Crippen molar-refractivity contribution in [3.8, 4) is 0 Å². The van der Waals surface area contributed by atoms with E-state index in [-0.39, 0.29) is 0 Å². The smallest absolute Gasteiger partial charge is 0.0210 e. The monoisotopic (exact) mass is 166 g/mol. The van der Waals surface area contributed by atoms with E-state index in [1.807, 2.05) is 0 Å². The molecule has 2 aliphatic rings. The minimum absolute atomic E-state index is 0.544. The van der Waals surface area contributed by atoms with Crippen molar-refractivity contribution >= 4 is 0 Å². The van der Waals surface area contributed by atoms with Crippen LogP contribution in [-0.4, -0.2) is 0 Å². The van der Waals surface area contributed by atoms with Crippen molar-refractivity contribution in [2.75, 3.05) is 0 Å². The Morgan fingerprint density at radius 2 is 1.50 bits per heavy atom. The zero-order valence-corrected chi connectivity index (χ0v) is 9.36. The summed E-state index contributed by atoms with van der Waals surface area (Å²) >= 11 is 0. The maximum atomic E-state index is 2.50. The highest BCUT2D eigenvalue weighted by Crippen LogP contribution is 2.81. The molecule has 0 saturated heterocycles. The normalized spacial score (nSPS) is 53.5. The molecule has 2 aliphatic carbocycles. The minimum atomic E-state index is 0.544. The van der Waals surface area contributed by atoms with E-state index in [0.29, 0.717) is 16.2 Å². The van der Waals surface area contributed by atoms with Gasteiger partial charge in [0.05, 0.1) is 0 Å². The zero-order chi connectivity index (χ0) is 9.36. The molecule has 2 fully saturated rings. The van der Waals surface area contributed by atoms with E-state index in [1.54, 1.807) is 0 Å². The highest BCUT2D eigenvalue weighted by molar-refractivity contribution is 5.23. The quantitative estimate of drug-likeness (QED) is 0.514. The molecule has 70 valence electrons. The first-order valence-corrected chi connectivity index (χ1v) is 5.26. The second-order valence-electron chi connectivity index (χ2n) is 6.32. The third-order valence-electron chi connectivity index (χ3n) is 6.17. The molecule has 0 spiro atoms. The van der Waals surface area contributed by atoms with Gasteiger partial charge in [-0.05, 0) is 34.5 Å². The fourth-order valence-corrected chi connectivity index (χ4v) is 4.17. The summed E-state index contributed by atoms with van der Waals surface area (Å²) in [5.41, 5.74) is 1.77. The SMILES string of the molecule is CC1CC2C(C)(C)C(C)(C)C12C. The molecule has 0 heteroatoms. The summed E-state index contributed by atoms with van der Waals surface area (Å²) < 4.78 is 0. The predicted molar refractivity (Wildman–Crippen MR) is 52.9 cm³/mol. The molecule has 0 N–H and O–H groups in total. The van der Waals surface area contributed by atoms with E-state index in [9.17, 15) is 0 Å². The third kappa shape index (κ3) is 0.506. The van der Waals surface area contributed by atoms with Crippen LogP contribution >= 0.6 is 0 Å². The Balaban J connectivity index is 2.35. The van der Waals surface area contributed by atoms with Crippen molar-refractivity contribution in [3.05, 3.63) is 0 Å². The summed E-state index contributed by atoms with van der Waals surface area (Å²) in [6.07, 6.45) is 1.47. The standard InChI is InChI=1S/C12H22/c1-8-7-9-10(2,3)11(4,5)12(8,9)6/h8-9H,7H2,1-6H3. The van der Waals surface area contributed by atoms with Crippen LogP contribution in [-0.2, 0) is 0 Å². The fourth-order valence-electron chi connectivity index (χ4n) is 4.17. The van der Waals surface area contributed by atoms with E-state index in [4.69, 9.17) is 0 Å². The van der Waals surface area contributed by atoms with Gasteiger partial charge in [-0.3, -0.25) is 0 Å². The van der Waals surface area contributed by atoms with Crippen LogP contribution in [0, 0.1) is 28.1 Å². The Labute approximate surface area is 76.7 Å². The summed E-state index contributed by atoms with van der Waals surface area (Å²) in [4.78, 5) is 0. The molecule has 12 heavy (non-hydrogen) atoms. The molecule has 0 heterocycles. The van der Waals surface area contributed by atoms with Crippen LogP contribution in [0.3, 0.4) is 0 Å². The van der Waals surface area contributed by atoms with Gasteiger partial charge in [0, 0.05) is 0 Å². The Morgan fingerprint density at radius 1 is 1.00 bits per heavy atom. The molecular weight excluding hydrogens is 144 g/mol. The van der Waals surface area contributed by atoms with Crippen molar-refractivity contribution in [1.82, 2.24) is 0 Å². The number of hydrogen-bond acceptors (Lipinski definition) is 0. The predicted octanol–water partition coefficient (Wildman–Crippen LogP) is 3.71. The second kappa shape index (κ2) is 1.76. The molecule has 0 nitrogen and oxygen atoms in total. The average Bonchev–Trinajstić information content (AvgIpc) is 1.96. The molecule has 0 aromatic heterocycles. The van der Waals surface area contributed by atoms with Crippen LogP contribution in [0.2, 0.25) is 0 Å². The lowest BCUT2D eigenvalue weighted by molar-refractivity contribution is -0.327. The summed E-state index contributed by atoms with van der Waals surface area (Å²) in [5, 5.41) is 0. The lowest BCUT2D eigenvalue weighted by atomic mass is 9.24. The Bertz CT molecular complexity index is 221. The van der Waals surface area contributed by atoms with E-state index in [0.717, 1.165) is 11.8 Å². The van der Waals surface area contributed by atoms with Gasteiger partial charge in [0.1, 0.15) is 0 Å². The van der Waals surface area contributed by atoms with E-state index in [1.165, 1.54) is 6.42 Å². The molecule has 0 aromatic rings. The van der Waals surface area contributed by atoms with Gasteiger partial charge in [-0.1, -0.05) is 41.5 Å². The summed E-state index contributed by atoms with van der Waals surface area (Å²) in [6, 6.07) is 0. The Morgan fingerprint density at radius 3 is 1.75 bits per heavy atom. The van der Waals surface area contributed by atoms with Gasteiger partial charge in [0.2, 0.25) is 0 Å². The maximum Gasteiger partial charge on any atom is -0.0210 e. The first-order chi connectivity index (χ1) is 5.26. The topological polar surface area (TPSA) is 0 Å². The fraction of sp³-hybridized carbons (Fsp3) is 1.00. The van der Waals surface area contributed by atoms with Crippen LogP contribution in [0.5, 0.6) is 0 Å². The van der Waals surface area contributed by atoms with Gasteiger partial charge in [0.25, 0.3) is 0 Å². The van der Waals surface area contributed by atoms with Gasteiger partial charge < -0.3 is 0 Å². The number of fused-ring (bicyclic) bond motifs is 1. The van der Waals surface area contributed by atoms with Crippen LogP contribution in [0.15, 0.2) is 0 Å². The number of hydrogen-bond donors (Lipinski definition) is 0. The average molecular weight is 166 g/mol. The molecule has 2 rings (SSSR count). The van der Waals surface area contributed by atoms with Gasteiger partial charge in [-0.25, -0.2) is 0 Å². The van der Waals surface area contributed by atoms with E-state index < -0.39 is 0 Å². The molecule has 3 atom stereocenters. The molecule has 0 bridgehead atoms. The van der Waals surface area contributed by atoms with Gasteiger partial charge >= 0.3 is 0 Å². The van der Waals surface area contributed by atoms with Crippen molar-refractivity contribution in [2.24, 2.45) is 28.1 Å².